The van der Waals surface area contributed by atoms with Gasteiger partial charge in [-0.2, -0.15) is 0 Å². The SMILES string of the molecule is Cc1ccc(S(=O)(=O)N(Cc2ccccc2)c2ccc(OCC(=O)Nc3c(C)cccc3C(C)C)cc2)cc1. The predicted octanol–water partition coefficient (Wildman–Crippen LogP) is 6.84. The minimum atomic E-state index is -3.83. The molecule has 0 aliphatic heterocycles. The molecule has 0 atom stereocenters. The predicted molar refractivity (Wildman–Crippen MR) is 157 cm³/mol. The van der Waals surface area contributed by atoms with Crippen LogP contribution < -0.4 is 14.4 Å². The minimum Gasteiger partial charge on any atom is -0.484 e. The lowest BCUT2D eigenvalue weighted by Gasteiger charge is -2.25. The normalized spacial score (nSPS) is 11.3. The Morgan fingerprint density at radius 1 is 0.846 bits per heavy atom. The number of amides is 1. The Labute approximate surface area is 231 Å². The van der Waals surface area contributed by atoms with Crippen LogP contribution in [0.3, 0.4) is 0 Å². The Bertz CT molecular complexity index is 1520. The van der Waals surface area contributed by atoms with Crippen molar-refractivity contribution in [1.29, 1.82) is 0 Å². The molecule has 0 radical (unpaired) electrons. The second kappa shape index (κ2) is 12.2. The van der Waals surface area contributed by atoms with Crippen LogP contribution in [-0.4, -0.2) is 20.9 Å². The van der Waals surface area contributed by atoms with Crippen molar-refractivity contribution in [2.45, 2.75) is 45.1 Å². The number of aryl methyl sites for hydroxylation is 2. The molecular formula is C32H34N2O4S. The van der Waals surface area contributed by atoms with Crippen molar-refractivity contribution >= 4 is 27.3 Å². The van der Waals surface area contributed by atoms with Crippen LogP contribution in [0.5, 0.6) is 5.75 Å². The molecule has 0 heterocycles. The summed E-state index contributed by atoms with van der Waals surface area (Å²) in [5, 5.41) is 2.98. The van der Waals surface area contributed by atoms with Gasteiger partial charge in [0.1, 0.15) is 5.75 Å². The van der Waals surface area contributed by atoms with Crippen molar-refractivity contribution in [3.8, 4) is 5.75 Å². The third kappa shape index (κ3) is 6.86. The summed E-state index contributed by atoms with van der Waals surface area (Å²) in [4.78, 5) is 12.9. The molecule has 1 N–H and O–H groups in total. The molecule has 0 aliphatic rings. The molecular weight excluding hydrogens is 508 g/mol. The summed E-state index contributed by atoms with van der Waals surface area (Å²) in [7, 11) is -3.83. The number of carbonyl (C=O) groups excluding carboxylic acids is 1. The van der Waals surface area contributed by atoms with Gasteiger partial charge in [-0.15, -0.1) is 0 Å². The first-order chi connectivity index (χ1) is 18.6. The summed E-state index contributed by atoms with van der Waals surface area (Å²) >= 11 is 0. The first kappa shape index (κ1) is 27.9. The van der Waals surface area contributed by atoms with Gasteiger partial charge in [0.15, 0.2) is 6.61 Å². The third-order valence-electron chi connectivity index (χ3n) is 6.46. The zero-order chi connectivity index (χ0) is 28.0. The number of carbonyl (C=O) groups is 1. The highest BCUT2D eigenvalue weighted by Gasteiger charge is 2.25. The second-order valence-electron chi connectivity index (χ2n) is 9.83. The number of hydrogen-bond donors (Lipinski definition) is 1. The highest BCUT2D eigenvalue weighted by atomic mass is 32.2. The number of nitrogens with one attached hydrogen (secondary N) is 1. The van der Waals surface area contributed by atoms with Crippen molar-refractivity contribution in [2.75, 3.05) is 16.2 Å². The van der Waals surface area contributed by atoms with Gasteiger partial charge >= 0.3 is 0 Å². The number of para-hydroxylation sites is 1. The van der Waals surface area contributed by atoms with E-state index in [2.05, 4.69) is 19.2 Å². The average molecular weight is 543 g/mol. The van der Waals surface area contributed by atoms with Gasteiger partial charge in [0.25, 0.3) is 15.9 Å². The molecule has 4 aromatic rings. The standard InChI is InChI=1S/C32H34N2O4S/c1-23(2)30-12-8-9-25(4)32(30)33-31(35)22-38-28-17-15-27(16-18-28)34(21-26-10-6-5-7-11-26)39(36,37)29-19-13-24(3)14-20-29/h5-20,23H,21-22H2,1-4H3,(H,33,35). The lowest BCUT2D eigenvalue weighted by atomic mass is 9.98. The van der Waals surface area contributed by atoms with E-state index in [-0.39, 0.29) is 29.9 Å². The van der Waals surface area contributed by atoms with E-state index in [9.17, 15) is 13.2 Å². The van der Waals surface area contributed by atoms with E-state index >= 15 is 0 Å². The van der Waals surface area contributed by atoms with Gasteiger partial charge in [0, 0.05) is 5.69 Å². The molecule has 7 heteroatoms. The number of anilines is 2. The van der Waals surface area contributed by atoms with Gasteiger partial charge in [0.05, 0.1) is 17.1 Å². The van der Waals surface area contributed by atoms with E-state index in [1.165, 1.54) is 4.31 Å². The monoisotopic (exact) mass is 542 g/mol. The minimum absolute atomic E-state index is 0.166. The quantitative estimate of drug-likeness (QED) is 0.238. The number of hydrogen-bond acceptors (Lipinski definition) is 4. The summed E-state index contributed by atoms with van der Waals surface area (Å²) in [6.45, 7) is 8.06. The topological polar surface area (TPSA) is 75.7 Å². The molecule has 1 amide bonds. The number of nitrogens with zero attached hydrogens (tertiary/aromatic N) is 1. The van der Waals surface area contributed by atoms with E-state index in [0.29, 0.717) is 11.4 Å². The van der Waals surface area contributed by atoms with Crippen molar-refractivity contribution in [2.24, 2.45) is 0 Å². The number of ether oxygens (including phenoxy) is 1. The molecule has 6 nitrogen and oxygen atoms in total. The lowest BCUT2D eigenvalue weighted by molar-refractivity contribution is -0.118. The summed E-state index contributed by atoms with van der Waals surface area (Å²) in [6.07, 6.45) is 0. The molecule has 0 saturated carbocycles. The van der Waals surface area contributed by atoms with Crippen LogP contribution >= 0.6 is 0 Å². The fourth-order valence-corrected chi connectivity index (χ4v) is 5.73. The van der Waals surface area contributed by atoms with Crippen molar-refractivity contribution < 1.29 is 17.9 Å². The van der Waals surface area contributed by atoms with Gasteiger partial charge in [0.2, 0.25) is 0 Å². The maximum absolute atomic E-state index is 13.7. The molecule has 0 aromatic heterocycles. The van der Waals surface area contributed by atoms with Gasteiger partial charge in [-0.1, -0.05) is 80.1 Å². The summed E-state index contributed by atoms with van der Waals surface area (Å²) < 4.78 is 34.5. The molecule has 0 saturated heterocycles. The highest BCUT2D eigenvalue weighted by molar-refractivity contribution is 7.92. The van der Waals surface area contributed by atoms with Gasteiger partial charge < -0.3 is 10.1 Å². The third-order valence-corrected chi connectivity index (χ3v) is 8.25. The van der Waals surface area contributed by atoms with Crippen LogP contribution in [0.4, 0.5) is 11.4 Å². The first-order valence-corrected chi connectivity index (χ1v) is 14.3. The van der Waals surface area contributed by atoms with Gasteiger partial charge in [-0.3, -0.25) is 9.10 Å². The van der Waals surface area contributed by atoms with Crippen LogP contribution in [0.1, 0.15) is 42.0 Å². The summed E-state index contributed by atoms with van der Waals surface area (Å²) in [5.74, 6) is 0.474. The molecule has 0 unspecified atom stereocenters. The fraction of sp³-hybridized carbons (Fsp3) is 0.219. The summed E-state index contributed by atoms with van der Waals surface area (Å²) in [5.41, 5.74) is 5.22. The maximum Gasteiger partial charge on any atom is 0.264 e. The molecule has 0 spiro atoms. The Morgan fingerprint density at radius 2 is 1.51 bits per heavy atom. The van der Waals surface area contributed by atoms with Crippen LogP contribution in [0.25, 0.3) is 0 Å². The second-order valence-corrected chi connectivity index (χ2v) is 11.7. The zero-order valence-electron chi connectivity index (χ0n) is 22.7. The Morgan fingerprint density at radius 3 is 2.15 bits per heavy atom. The van der Waals surface area contributed by atoms with Crippen molar-refractivity contribution in [3.05, 3.63) is 119 Å². The number of sulfonamides is 1. The van der Waals surface area contributed by atoms with Crippen LogP contribution in [0, 0.1) is 13.8 Å². The van der Waals surface area contributed by atoms with E-state index in [1.807, 2.05) is 62.4 Å². The molecule has 0 bridgehead atoms. The van der Waals surface area contributed by atoms with E-state index in [4.69, 9.17) is 4.74 Å². The number of rotatable bonds is 10. The van der Waals surface area contributed by atoms with E-state index < -0.39 is 10.0 Å². The Balaban J connectivity index is 1.51. The molecule has 0 fully saturated rings. The van der Waals surface area contributed by atoms with Crippen LogP contribution in [0.15, 0.2) is 102 Å². The van der Waals surface area contributed by atoms with Crippen molar-refractivity contribution in [3.63, 3.8) is 0 Å². The van der Waals surface area contributed by atoms with E-state index in [0.717, 1.165) is 27.9 Å². The van der Waals surface area contributed by atoms with Gasteiger partial charge in [-0.05, 0) is 72.9 Å². The molecule has 4 rings (SSSR count). The molecule has 4 aromatic carbocycles. The lowest BCUT2D eigenvalue weighted by Crippen LogP contribution is -2.30. The Hall–Kier alpha value is -4.10. The van der Waals surface area contributed by atoms with Crippen LogP contribution in [-0.2, 0) is 21.4 Å². The number of benzene rings is 4. The smallest absolute Gasteiger partial charge is 0.264 e. The van der Waals surface area contributed by atoms with E-state index in [1.54, 1.807) is 48.5 Å². The molecule has 0 aliphatic carbocycles. The molecule has 202 valence electrons. The largest absolute Gasteiger partial charge is 0.484 e. The maximum atomic E-state index is 13.7. The highest BCUT2D eigenvalue weighted by Crippen LogP contribution is 2.29. The Kier molecular flexibility index (Phi) is 8.72. The first-order valence-electron chi connectivity index (χ1n) is 12.9. The van der Waals surface area contributed by atoms with Gasteiger partial charge in [-0.25, -0.2) is 8.42 Å². The van der Waals surface area contributed by atoms with Crippen LogP contribution in [0.2, 0.25) is 0 Å². The summed E-state index contributed by atoms with van der Waals surface area (Å²) in [6, 6.07) is 29.0. The van der Waals surface area contributed by atoms with Crippen molar-refractivity contribution in [1.82, 2.24) is 0 Å². The average Bonchev–Trinajstić information content (AvgIpc) is 2.92. The fourth-order valence-electron chi connectivity index (χ4n) is 4.28. The molecule has 39 heavy (non-hydrogen) atoms. The zero-order valence-corrected chi connectivity index (χ0v) is 23.5.